The Bertz CT molecular complexity index is 532. The first-order chi connectivity index (χ1) is 9.83. The molecule has 3 nitrogen and oxygen atoms in total. The Labute approximate surface area is 121 Å². The van der Waals surface area contributed by atoms with Gasteiger partial charge in [-0.2, -0.15) is 0 Å². The molecule has 2 aromatic rings. The first-order valence-electron chi connectivity index (χ1n) is 7.57. The Kier molecular flexibility index (Phi) is 4.16. The van der Waals surface area contributed by atoms with Crippen molar-refractivity contribution in [3.05, 3.63) is 54.1 Å². The van der Waals surface area contributed by atoms with Crippen LogP contribution in [0.2, 0.25) is 0 Å². The van der Waals surface area contributed by atoms with Crippen LogP contribution in [0, 0.1) is 0 Å². The van der Waals surface area contributed by atoms with E-state index in [1.54, 1.807) is 0 Å². The molecule has 1 saturated heterocycles. The summed E-state index contributed by atoms with van der Waals surface area (Å²) in [4.78, 5) is 7.06. The highest BCUT2D eigenvalue weighted by atomic mass is 15.2. The third-order valence-electron chi connectivity index (χ3n) is 4.37. The zero-order valence-electron chi connectivity index (χ0n) is 12.2. The van der Waals surface area contributed by atoms with Crippen molar-refractivity contribution in [2.75, 3.05) is 6.54 Å². The molecule has 1 fully saturated rings. The number of aryl methyl sites for hydroxylation is 2. The highest BCUT2D eigenvalue weighted by molar-refractivity contribution is 5.14. The summed E-state index contributed by atoms with van der Waals surface area (Å²) in [6, 6.07) is 11.5. The van der Waals surface area contributed by atoms with E-state index < -0.39 is 0 Å². The van der Waals surface area contributed by atoms with Crippen LogP contribution in [0.15, 0.2) is 42.7 Å². The zero-order valence-corrected chi connectivity index (χ0v) is 12.2. The molecule has 2 heterocycles. The highest BCUT2D eigenvalue weighted by Crippen LogP contribution is 2.23. The summed E-state index contributed by atoms with van der Waals surface area (Å²) >= 11 is 0. The molecule has 0 bridgehead atoms. The van der Waals surface area contributed by atoms with Crippen molar-refractivity contribution in [1.82, 2.24) is 14.5 Å². The minimum atomic E-state index is 0.715. The summed E-state index contributed by atoms with van der Waals surface area (Å²) in [5, 5.41) is 0. The molecule has 106 valence electrons. The number of likely N-dealkylation sites (tertiary alicyclic amines) is 1. The maximum Gasteiger partial charge on any atom is 0.122 e. The van der Waals surface area contributed by atoms with E-state index in [-0.39, 0.29) is 0 Å². The van der Waals surface area contributed by atoms with Crippen molar-refractivity contribution in [2.45, 2.75) is 38.3 Å². The number of nitrogens with zero attached hydrogens (tertiary/aromatic N) is 3. The van der Waals surface area contributed by atoms with Crippen LogP contribution in [0.5, 0.6) is 0 Å². The van der Waals surface area contributed by atoms with Crippen molar-refractivity contribution in [2.24, 2.45) is 7.05 Å². The molecule has 1 aliphatic rings. The lowest BCUT2D eigenvalue weighted by Gasteiger charge is -2.24. The smallest absolute Gasteiger partial charge is 0.122 e. The van der Waals surface area contributed by atoms with E-state index in [0.717, 1.165) is 6.54 Å². The monoisotopic (exact) mass is 269 g/mol. The first-order valence-corrected chi connectivity index (χ1v) is 7.57. The molecule has 3 rings (SSSR count). The Morgan fingerprint density at radius 1 is 1.25 bits per heavy atom. The average Bonchev–Trinajstić information content (AvgIpc) is 3.08. The molecule has 1 aliphatic heterocycles. The molecule has 0 amide bonds. The summed E-state index contributed by atoms with van der Waals surface area (Å²) in [6.45, 7) is 2.20. The topological polar surface area (TPSA) is 21.1 Å². The molecule has 1 atom stereocenters. The average molecular weight is 269 g/mol. The van der Waals surface area contributed by atoms with Crippen LogP contribution < -0.4 is 0 Å². The predicted molar refractivity (Wildman–Crippen MR) is 81.4 cm³/mol. The van der Waals surface area contributed by atoms with Gasteiger partial charge in [0.1, 0.15) is 5.82 Å². The number of hydrogen-bond acceptors (Lipinski definition) is 2. The van der Waals surface area contributed by atoms with Crippen molar-refractivity contribution in [3.8, 4) is 0 Å². The van der Waals surface area contributed by atoms with Crippen LogP contribution in [-0.2, 0) is 20.0 Å². The van der Waals surface area contributed by atoms with E-state index in [4.69, 9.17) is 0 Å². The van der Waals surface area contributed by atoms with Crippen molar-refractivity contribution in [3.63, 3.8) is 0 Å². The molecule has 0 unspecified atom stereocenters. The number of benzene rings is 1. The van der Waals surface area contributed by atoms with Crippen LogP contribution in [0.3, 0.4) is 0 Å². The number of aromatic nitrogens is 2. The van der Waals surface area contributed by atoms with Gasteiger partial charge in [0, 0.05) is 25.5 Å². The molecule has 1 aromatic carbocycles. The number of imidazole rings is 1. The van der Waals surface area contributed by atoms with Gasteiger partial charge in [0.2, 0.25) is 0 Å². The molecule has 0 spiro atoms. The fourth-order valence-electron chi connectivity index (χ4n) is 3.14. The third kappa shape index (κ3) is 3.10. The summed E-state index contributed by atoms with van der Waals surface area (Å²) in [5.41, 5.74) is 1.45. The van der Waals surface area contributed by atoms with Crippen molar-refractivity contribution >= 4 is 0 Å². The Balaban J connectivity index is 1.57. The van der Waals surface area contributed by atoms with E-state index in [0.29, 0.717) is 6.04 Å². The second-order valence-corrected chi connectivity index (χ2v) is 5.75. The Morgan fingerprint density at radius 3 is 2.85 bits per heavy atom. The van der Waals surface area contributed by atoms with E-state index in [1.165, 1.54) is 43.6 Å². The summed E-state index contributed by atoms with van der Waals surface area (Å²) < 4.78 is 2.13. The summed E-state index contributed by atoms with van der Waals surface area (Å²) in [6.07, 6.45) is 9.02. The lowest BCUT2D eigenvalue weighted by molar-refractivity contribution is 0.227. The van der Waals surface area contributed by atoms with Crippen LogP contribution >= 0.6 is 0 Å². The third-order valence-corrected chi connectivity index (χ3v) is 4.37. The minimum Gasteiger partial charge on any atom is -0.337 e. The van der Waals surface area contributed by atoms with Crippen LogP contribution in [-0.4, -0.2) is 27.0 Å². The second-order valence-electron chi connectivity index (χ2n) is 5.75. The largest absolute Gasteiger partial charge is 0.337 e. The Hall–Kier alpha value is -1.61. The number of rotatable bonds is 5. The molecular formula is C17H23N3. The van der Waals surface area contributed by atoms with Gasteiger partial charge >= 0.3 is 0 Å². The van der Waals surface area contributed by atoms with E-state index in [1.807, 2.05) is 12.4 Å². The van der Waals surface area contributed by atoms with Gasteiger partial charge in [-0.3, -0.25) is 4.90 Å². The fraction of sp³-hybridized carbons (Fsp3) is 0.471. The predicted octanol–water partition coefficient (Wildman–Crippen LogP) is 3.02. The van der Waals surface area contributed by atoms with Crippen molar-refractivity contribution in [1.29, 1.82) is 0 Å². The molecule has 0 saturated carbocycles. The fourth-order valence-corrected chi connectivity index (χ4v) is 3.14. The van der Waals surface area contributed by atoms with E-state index in [2.05, 4.69) is 51.8 Å². The van der Waals surface area contributed by atoms with Crippen LogP contribution in [0.25, 0.3) is 0 Å². The minimum absolute atomic E-state index is 0.715. The standard InChI is InChI=1S/C17H23N3/c1-19-13-11-18-17(19)14-20-12-5-8-16(20)10-9-15-6-3-2-4-7-15/h2-4,6-7,11,13,16H,5,8-10,12,14H2,1H3/t16-/m0/s1. The van der Waals surface area contributed by atoms with Gasteiger partial charge in [-0.15, -0.1) is 0 Å². The lowest BCUT2D eigenvalue weighted by atomic mass is 10.0. The van der Waals surface area contributed by atoms with Crippen LogP contribution in [0.1, 0.15) is 30.7 Å². The molecule has 1 aromatic heterocycles. The molecule has 0 radical (unpaired) electrons. The maximum atomic E-state index is 4.45. The maximum absolute atomic E-state index is 4.45. The summed E-state index contributed by atoms with van der Waals surface area (Å²) in [7, 11) is 2.08. The van der Waals surface area contributed by atoms with Gasteiger partial charge in [-0.1, -0.05) is 30.3 Å². The molecule has 0 aliphatic carbocycles. The summed E-state index contributed by atoms with van der Waals surface area (Å²) in [5.74, 6) is 1.18. The zero-order chi connectivity index (χ0) is 13.8. The highest BCUT2D eigenvalue weighted by Gasteiger charge is 2.25. The second kappa shape index (κ2) is 6.23. The molecule has 3 heteroatoms. The van der Waals surface area contributed by atoms with Gasteiger partial charge in [0.05, 0.1) is 6.54 Å². The molecule has 0 N–H and O–H groups in total. The van der Waals surface area contributed by atoms with Gasteiger partial charge in [0.25, 0.3) is 0 Å². The molecular weight excluding hydrogens is 246 g/mol. The van der Waals surface area contributed by atoms with Crippen LogP contribution in [0.4, 0.5) is 0 Å². The Morgan fingerprint density at radius 2 is 2.10 bits per heavy atom. The quantitative estimate of drug-likeness (QED) is 0.832. The van der Waals surface area contributed by atoms with E-state index in [9.17, 15) is 0 Å². The van der Waals surface area contributed by atoms with Gasteiger partial charge in [0.15, 0.2) is 0 Å². The molecule has 20 heavy (non-hydrogen) atoms. The van der Waals surface area contributed by atoms with Gasteiger partial charge in [-0.05, 0) is 37.8 Å². The normalized spacial score (nSPS) is 19.6. The van der Waals surface area contributed by atoms with Gasteiger partial charge < -0.3 is 4.57 Å². The number of hydrogen-bond donors (Lipinski definition) is 0. The lowest BCUT2D eigenvalue weighted by Crippen LogP contribution is -2.30. The van der Waals surface area contributed by atoms with Crippen molar-refractivity contribution < 1.29 is 0 Å². The van der Waals surface area contributed by atoms with Gasteiger partial charge in [-0.25, -0.2) is 4.98 Å². The van der Waals surface area contributed by atoms with E-state index >= 15 is 0 Å². The first kappa shape index (κ1) is 13.4. The SMILES string of the molecule is Cn1ccnc1CN1CCC[C@H]1CCc1ccccc1.